The van der Waals surface area contributed by atoms with Crippen molar-refractivity contribution in [2.75, 3.05) is 13.2 Å². The number of nitrogens with zero attached hydrogens (tertiary/aromatic N) is 1. The van der Waals surface area contributed by atoms with Gasteiger partial charge < -0.3 is 33.2 Å². The molecule has 42 heavy (non-hydrogen) atoms. The molecule has 230 valence electrons. The summed E-state index contributed by atoms with van der Waals surface area (Å²) in [6, 6.07) is 7.65. The maximum absolute atomic E-state index is 12.1. The van der Waals surface area contributed by atoms with E-state index < -0.39 is 54.6 Å². The summed E-state index contributed by atoms with van der Waals surface area (Å²) in [7, 11) is 0. The number of aromatic amines is 1. The van der Waals surface area contributed by atoms with Crippen LogP contribution in [0.5, 0.6) is 11.6 Å². The number of unbranched alkanes of at least 4 members (excludes halogenated alkanes) is 1. The van der Waals surface area contributed by atoms with E-state index in [1.54, 1.807) is 0 Å². The zero-order valence-electron chi connectivity index (χ0n) is 24.7. The van der Waals surface area contributed by atoms with E-state index in [4.69, 9.17) is 33.2 Å². The predicted molar refractivity (Wildman–Crippen MR) is 146 cm³/mol. The smallest absolute Gasteiger partial charge is 0.303 e. The van der Waals surface area contributed by atoms with Crippen LogP contribution >= 0.6 is 0 Å². The van der Waals surface area contributed by atoms with Gasteiger partial charge in [0.05, 0.1) is 6.61 Å². The Hall–Kier alpha value is -4.13. The minimum atomic E-state index is -1.39. The topological polar surface area (TPSA) is 162 Å². The number of ether oxygens (including phenoxy) is 7. The summed E-state index contributed by atoms with van der Waals surface area (Å²) in [6.07, 6.45) is -4.08. The Bertz CT molecular complexity index is 1230. The Balaban J connectivity index is 1.91. The van der Waals surface area contributed by atoms with Crippen molar-refractivity contribution in [2.24, 2.45) is 0 Å². The van der Waals surface area contributed by atoms with Gasteiger partial charge in [0.25, 0.3) is 0 Å². The molecule has 5 atom stereocenters. The lowest BCUT2D eigenvalue weighted by molar-refractivity contribution is -0.289. The molecular weight excluding hydrogens is 552 g/mol. The normalized spacial score (nSPS) is 21.6. The molecule has 1 aromatic heterocycles. The van der Waals surface area contributed by atoms with Gasteiger partial charge in [-0.25, -0.2) is 0 Å². The van der Waals surface area contributed by atoms with Crippen LogP contribution in [0.2, 0.25) is 0 Å². The third kappa shape index (κ3) is 9.20. The second kappa shape index (κ2) is 15.2. The molecule has 0 radical (unpaired) electrons. The Labute approximate surface area is 244 Å². The van der Waals surface area contributed by atoms with Gasteiger partial charge in [0.1, 0.15) is 18.5 Å². The molecule has 1 aliphatic heterocycles. The molecule has 1 saturated heterocycles. The van der Waals surface area contributed by atoms with Crippen LogP contribution in [0, 0.1) is 6.92 Å². The first kappa shape index (κ1) is 32.4. The second-order valence-electron chi connectivity index (χ2n) is 9.84. The van der Waals surface area contributed by atoms with E-state index in [0.29, 0.717) is 18.6 Å². The van der Waals surface area contributed by atoms with E-state index in [1.807, 2.05) is 31.2 Å². The summed E-state index contributed by atoms with van der Waals surface area (Å²) in [5, 5.41) is 7.16. The minimum absolute atomic E-state index is 0.150. The molecule has 3 rings (SSSR count). The van der Waals surface area contributed by atoms with Crippen molar-refractivity contribution in [2.45, 2.75) is 91.5 Å². The zero-order valence-corrected chi connectivity index (χ0v) is 24.7. The summed E-state index contributed by atoms with van der Waals surface area (Å²) in [5.74, 6) is -1.88. The molecule has 0 bridgehead atoms. The van der Waals surface area contributed by atoms with Crippen LogP contribution in [-0.4, -0.2) is 78.0 Å². The molecule has 0 spiro atoms. The third-order valence-electron chi connectivity index (χ3n) is 6.28. The molecule has 13 nitrogen and oxygen atoms in total. The van der Waals surface area contributed by atoms with Gasteiger partial charge in [-0.15, -0.1) is 5.10 Å². The van der Waals surface area contributed by atoms with Crippen LogP contribution in [0.15, 0.2) is 24.3 Å². The maximum atomic E-state index is 12.1. The highest BCUT2D eigenvalue weighted by Gasteiger charge is 2.53. The fraction of sp³-hybridized carbons (Fsp3) is 0.552. The van der Waals surface area contributed by atoms with Gasteiger partial charge in [-0.2, -0.15) is 0 Å². The van der Waals surface area contributed by atoms with Crippen molar-refractivity contribution in [3.63, 3.8) is 0 Å². The van der Waals surface area contributed by atoms with E-state index >= 15 is 0 Å². The van der Waals surface area contributed by atoms with Crippen LogP contribution in [0.4, 0.5) is 0 Å². The first-order chi connectivity index (χ1) is 20.0. The minimum Gasteiger partial charge on any atom is -0.494 e. The highest BCUT2D eigenvalue weighted by molar-refractivity contribution is 5.68. The van der Waals surface area contributed by atoms with Gasteiger partial charge in [0.15, 0.2) is 12.2 Å². The summed E-state index contributed by atoms with van der Waals surface area (Å²) in [6.45, 7) is 8.86. The molecule has 1 fully saturated rings. The number of aryl methyl sites for hydroxylation is 1. The van der Waals surface area contributed by atoms with Gasteiger partial charge in [-0.3, -0.25) is 24.3 Å². The highest BCUT2D eigenvalue weighted by Crippen LogP contribution is 2.32. The molecule has 2 heterocycles. The number of carbonyl (C=O) groups excluding carboxylic acids is 4. The van der Waals surface area contributed by atoms with Crippen LogP contribution in [0.1, 0.15) is 64.3 Å². The van der Waals surface area contributed by atoms with Gasteiger partial charge in [0.2, 0.25) is 18.3 Å². The van der Waals surface area contributed by atoms with E-state index in [-0.39, 0.29) is 12.5 Å². The zero-order chi connectivity index (χ0) is 30.8. The molecule has 1 aromatic carbocycles. The number of aromatic nitrogens is 2. The fourth-order valence-electron chi connectivity index (χ4n) is 4.37. The second-order valence-corrected chi connectivity index (χ2v) is 9.84. The molecule has 1 aliphatic rings. The maximum Gasteiger partial charge on any atom is 0.303 e. The van der Waals surface area contributed by atoms with Crippen molar-refractivity contribution < 1.29 is 52.3 Å². The van der Waals surface area contributed by atoms with Crippen molar-refractivity contribution in [1.82, 2.24) is 10.2 Å². The number of H-pyrrole nitrogens is 1. The lowest BCUT2D eigenvalue weighted by atomic mass is 9.98. The Morgan fingerprint density at radius 1 is 0.881 bits per heavy atom. The molecule has 13 heteroatoms. The first-order valence-electron chi connectivity index (χ1n) is 13.7. The predicted octanol–water partition coefficient (Wildman–Crippen LogP) is 2.95. The SMILES string of the molecule is CCCCOc1ccc(Cc2c(O[C@@H]3O[C@H](COC(C)=O)[C@@H](OC(C)=O)[C@H](OC(C)=O)[C@H]3OC(C)=O)n[nH]c2C)cc1. The van der Waals surface area contributed by atoms with Crippen molar-refractivity contribution in [3.05, 3.63) is 41.1 Å². The first-order valence-corrected chi connectivity index (χ1v) is 13.7. The average molecular weight is 591 g/mol. The molecule has 2 aromatic rings. The van der Waals surface area contributed by atoms with Gasteiger partial charge >= 0.3 is 23.9 Å². The van der Waals surface area contributed by atoms with E-state index in [9.17, 15) is 19.2 Å². The molecule has 0 saturated carbocycles. The number of nitrogens with one attached hydrogen (secondary N) is 1. The number of carbonyl (C=O) groups is 4. The van der Waals surface area contributed by atoms with E-state index in [2.05, 4.69) is 17.1 Å². The Kier molecular flexibility index (Phi) is 11.7. The third-order valence-corrected chi connectivity index (χ3v) is 6.28. The summed E-state index contributed by atoms with van der Waals surface area (Å²) in [5.41, 5.74) is 2.37. The fourth-order valence-corrected chi connectivity index (χ4v) is 4.37. The number of benzene rings is 1. The van der Waals surface area contributed by atoms with Gasteiger partial charge in [-0.05, 0) is 31.0 Å². The number of esters is 4. The van der Waals surface area contributed by atoms with Gasteiger partial charge in [-0.1, -0.05) is 25.5 Å². The van der Waals surface area contributed by atoms with Crippen LogP contribution in [-0.2, 0) is 49.3 Å². The van der Waals surface area contributed by atoms with Crippen LogP contribution in [0.25, 0.3) is 0 Å². The molecule has 0 unspecified atom stereocenters. The number of hydrogen-bond donors (Lipinski definition) is 1. The van der Waals surface area contributed by atoms with Crippen LogP contribution in [0.3, 0.4) is 0 Å². The standard InChI is InChI=1S/C29H38N2O11/c1-7-8-13-36-22-11-9-21(10-12-22)14-23-16(2)30-31-28(23)42-29-27(40-20(6)35)26(39-19(5)34)25(38-18(4)33)24(41-29)15-37-17(3)32/h9-12,24-27,29H,7-8,13-15H2,1-6H3,(H,30,31)/t24-,25-,26+,27-,29+/m1/s1. The summed E-state index contributed by atoms with van der Waals surface area (Å²) >= 11 is 0. The monoisotopic (exact) mass is 590 g/mol. The molecule has 1 N–H and O–H groups in total. The van der Waals surface area contributed by atoms with Crippen molar-refractivity contribution in [3.8, 4) is 11.6 Å². The van der Waals surface area contributed by atoms with Crippen molar-refractivity contribution in [1.29, 1.82) is 0 Å². The molecular formula is C29H38N2O11. The summed E-state index contributed by atoms with van der Waals surface area (Å²) < 4.78 is 39.4. The lowest BCUT2D eigenvalue weighted by Gasteiger charge is -2.43. The van der Waals surface area contributed by atoms with Crippen LogP contribution < -0.4 is 9.47 Å². The largest absolute Gasteiger partial charge is 0.494 e. The summed E-state index contributed by atoms with van der Waals surface area (Å²) in [4.78, 5) is 47.7. The Morgan fingerprint density at radius 2 is 1.50 bits per heavy atom. The highest BCUT2D eigenvalue weighted by atomic mass is 16.7. The number of rotatable bonds is 13. The molecule has 0 aliphatic carbocycles. The van der Waals surface area contributed by atoms with Gasteiger partial charge in [0, 0.05) is 45.4 Å². The van der Waals surface area contributed by atoms with E-state index in [1.165, 1.54) is 6.92 Å². The van der Waals surface area contributed by atoms with E-state index in [0.717, 1.165) is 50.6 Å². The molecule has 0 amide bonds. The number of hydrogen-bond acceptors (Lipinski definition) is 12. The lowest BCUT2D eigenvalue weighted by Crippen LogP contribution is -2.63. The Morgan fingerprint density at radius 3 is 2.10 bits per heavy atom. The van der Waals surface area contributed by atoms with Crippen molar-refractivity contribution >= 4 is 23.9 Å². The quantitative estimate of drug-likeness (QED) is 0.207. The average Bonchev–Trinajstić information content (AvgIpc) is 3.25.